The predicted octanol–water partition coefficient (Wildman–Crippen LogP) is 4.04. The lowest BCUT2D eigenvalue weighted by molar-refractivity contribution is -0.274. The number of alkyl halides is 3. The van der Waals surface area contributed by atoms with Crippen LogP contribution >= 0.6 is 0 Å². The third-order valence-corrected chi connectivity index (χ3v) is 5.36. The van der Waals surface area contributed by atoms with Gasteiger partial charge in [0.25, 0.3) is 0 Å². The summed E-state index contributed by atoms with van der Waals surface area (Å²) in [6.07, 6.45) is -1.47. The number of benzene rings is 2. The van der Waals surface area contributed by atoms with E-state index in [1.165, 1.54) is 18.5 Å². The molecular formula is C22H19F3N6O. The van der Waals surface area contributed by atoms with Crippen molar-refractivity contribution in [2.75, 3.05) is 36.0 Å². The van der Waals surface area contributed by atoms with Gasteiger partial charge in [0.05, 0.1) is 23.0 Å². The van der Waals surface area contributed by atoms with Crippen LogP contribution in [0.4, 0.5) is 24.7 Å². The number of fused-ring (bicyclic) bond motifs is 1. The molecule has 0 saturated carbocycles. The van der Waals surface area contributed by atoms with Crippen molar-refractivity contribution in [3.05, 3.63) is 67.1 Å². The van der Waals surface area contributed by atoms with Crippen LogP contribution in [0.2, 0.25) is 0 Å². The molecule has 0 atom stereocenters. The summed E-state index contributed by atoms with van der Waals surface area (Å²) >= 11 is 0. The van der Waals surface area contributed by atoms with E-state index in [2.05, 4.69) is 24.7 Å². The molecule has 0 N–H and O–H groups in total. The fraction of sp³-hybridized carbons (Fsp3) is 0.227. The first-order valence-corrected chi connectivity index (χ1v) is 10.1. The van der Waals surface area contributed by atoms with Gasteiger partial charge < -0.3 is 14.5 Å². The molecule has 0 spiro atoms. The van der Waals surface area contributed by atoms with Crippen molar-refractivity contribution in [2.24, 2.45) is 0 Å². The van der Waals surface area contributed by atoms with Gasteiger partial charge in [-0.1, -0.05) is 30.3 Å². The van der Waals surface area contributed by atoms with Gasteiger partial charge in [-0.2, -0.15) is 5.10 Å². The molecule has 10 heteroatoms. The molecule has 0 bridgehead atoms. The number of nitrogens with zero attached hydrogens (tertiary/aromatic N) is 6. The summed E-state index contributed by atoms with van der Waals surface area (Å²) in [5.74, 6) is 0.568. The molecule has 32 heavy (non-hydrogen) atoms. The summed E-state index contributed by atoms with van der Waals surface area (Å²) in [5.41, 5.74) is 2.03. The third kappa shape index (κ3) is 3.91. The van der Waals surface area contributed by atoms with Gasteiger partial charge >= 0.3 is 6.36 Å². The fourth-order valence-electron chi connectivity index (χ4n) is 3.93. The van der Waals surface area contributed by atoms with Crippen molar-refractivity contribution in [3.63, 3.8) is 0 Å². The van der Waals surface area contributed by atoms with E-state index in [0.717, 1.165) is 16.9 Å². The molecule has 0 aliphatic carbocycles. The quantitative estimate of drug-likeness (QED) is 0.478. The number of aromatic nitrogens is 4. The lowest BCUT2D eigenvalue weighted by Crippen LogP contribution is -2.47. The third-order valence-electron chi connectivity index (χ3n) is 5.36. The number of hydrogen-bond donors (Lipinski definition) is 0. The number of rotatable bonds is 4. The SMILES string of the molecule is FC(F)(F)Oc1ccccc1N1CCN(c2ncnc3c2cnn3-c2ccccc2)CC1. The lowest BCUT2D eigenvalue weighted by Gasteiger charge is -2.37. The van der Waals surface area contributed by atoms with E-state index in [1.54, 1.807) is 23.0 Å². The van der Waals surface area contributed by atoms with Crippen LogP contribution in [0, 0.1) is 0 Å². The van der Waals surface area contributed by atoms with E-state index in [1.807, 2.05) is 35.2 Å². The first-order chi connectivity index (χ1) is 15.5. The highest BCUT2D eigenvalue weighted by Gasteiger charge is 2.33. The molecule has 1 saturated heterocycles. The molecule has 3 heterocycles. The molecule has 1 fully saturated rings. The van der Waals surface area contributed by atoms with E-state index >= 15 is 0 Å². The van der Waals surface area contributed by atoms with Crippen molar-refractivity contribution in [1.29, 1.82) is 0 Å². The highest BCUT2D eigenvalue weighted by atomic mass is 19.4. The van der Waals surface area contributed by atoms with Crippen molar-refractivity contribution < 1.29 is 17.9 Å². The number of anilines is 2. The summed E-state index contributed by atoms with van der Waals surface area (Å²) in [5, 5.41) is 5.31. The minimum absolute atomic E-state index is 0.193. The molecule has 2 aromatic carbocycles. The van der Waals surface area contributed by atoms with Gasteiger partial charge in [0.1, 0.15) is 12.1 Å². The van der Waals surface area contributed by atoms with Gasteiger partial charge in [-0.3, -0.25) is 0 Å². The normalized spacial score (nSPS) is 14.7. The summed E-state index contributed by atoms with van der Waals surface area (Å²) in [6, 6.07) is 15.9. The fourth-order valence-corrected chi connectivity index (χ4v) is 3.93. The Hall–Kier alpha value is -3.82. The first-order valence-electron chi connectivity index (χ1n) is 10.1. The first kappa shape index (κ1) is 20.1. The minimum atomic E-state index is -4.73. The number of piperazine rings is 1. The van der Waals surface area contributed by atoms with Crippen LogP contribution in [0.15, 0.2) is 67.1 Å². The molecule has 164 valence electrons. The van der Waals surface area contributed by atoms with Gasteiger partial charge in [-0.05, 0) is 24.3 Å². The molecule has 0 amide bonds. The van der Waals surface area contributed by atoms with Crippen LogP contribution in [0.1, 0.15) is 0 Å². The smallest absolute Gasteiger partial charge is 0.404 e. The molecule has 1 aliphatic heterocycles. The second kappa shape index (κ2) is 8.03. The van der Waals surface area contributed by atoms with Crippen molar-refractivity contribution in [2.45, 2.75) is 6.36 Å². The summed E-state index contributed by atoms with van der Waals surface area (Å²) in [7, 11) is 0. The molecule has 7 nitrogen and oxygen atoms in total. The molecule has 5 rings (SSSR count). The van der Waals surface area contributed by atoms with Crippen molar-refractivity contribution in [1.82, 2.24) is 19.7 Å². The van der Waals surface area contributed by atoms with E-state index in [-0.39, 0.29) is 5.75 Å². The molecule has 2 aromatic heterocycles. The highest BCUT2D eigenvalue weighted by molar-refractivity contribution is 5.87. The average molecular weight is 440 g/mol. The van der Waals surface area contributed by atoms with Crippen LogP contribution < -0.4 is 14.5 Å². The summed E-state index contributed by atoms with van der Waals surface area (Å²) in [4.78, 5) is 12.9. The average Bonchev–Trinajstić information content (AvgIpc) is 3.24. The van der Waals surface area contributed by atoms with Crippen LogP contribution in [0.5, 0.6) is 5.75 Å². The Labute approximate surface area is 181 Å². The maximum Gasteiger partial charge on any atom is 0.573 e. The zero-order valence-electron chi connectivity index (χ0n) is 16.9. The predicted molar refractivity (Wildman–Crippen MR) is 114 cm³/mol. The number of para-hydroxylation sites is 3. The summed E-state index contributed by atoms with van der Waals surface area (Å²) in [6.45, 7) is 2.22. The standard InChI is InChI=1S/C22H19F3N6O/c23-22(24,25)32-19-9-5-4-8-18(19)29-10-12-30(13-11-29)20-17-14-28-31(21(17)27-15-26-20)16-6-2-1-3-7-16/h1-9,14-15H,10-13H2. The molecular weight excluding hydrogens is 421 g/mol. The van der Waals surface area contributed by atoms with Crippen LogP contribution in [0.3, 0.4) is 0 Å². The molecule has 0 unspecified atom stereocenters. The Morgan fingerprint density at radius 3 is 2.25 bits per heavy atom. The van der Waals surface area contributed by atoms with E-state index in [9.17, 15) is 13.2 Å². The zero-order valence-corrected chi connectivity index (χ0v) is 16.9. The zero-order chi connectivity index (χ0) is 22.1. The molecule has 1 aliphatic rings. The second-order valence-corrected chi connectivity index (χ2v) is 7.32. The molecule has 0 radical (unpaired) electrons. The Morgan fingerprint density at radius 2 is 1.50 bits per heavy atom. The molecule has 4 aromatic rings. The minimum Gasteiger partial charge on any atom is -0.404 e. The van der Waals surface area contributed by atoms with Gasteiger partial charge in [0.15, 0.2) is 11.4 Å². The number of hydrogen-bond acceptors (Lipinski definition) is 6. The van der Waals surface area contributed by atoms with Crippen LogP contribution in [0.25, 0.3) is 16.7 Å². The van der Waals surface area contributed by atoms with Gasteiger partial charge in [-0.25, -0.2) is 14.6 Å². The number of halogens is 3. The Bertz CT molecular complexity index is 1220. The van der Waals surface area contributed by atoms with Crippen molar-refractivity contribution >= 4 is 22.5 Å². The highest BCUT2D eigenvalue weighted by Crippen LogP contribution is 2.34. The van der Waals surface area contributed by atoms with Crippen LogP contribution in [-0.4, -0.2) is 52.3 Å². The van der Waals surface area contributed by atoms with Gasteiger partial charge in [0.2, 0.25) is 0 Å². The van der Waals surface area contributed by atoms with Crippen LogP contribution in [-0.2, 0) is 0 Å². The monoisotopic (exact) mass is 440 g/mol. The topological polar surface area (TPSA) is 59.3 Å². The van der Waals surface area contributed by atoms with E-state index in [0.29, 0.717) is 37.5 Å². The Kier molecular flexibility index (Phi) is 5.04. The maximum absolute atomic E-state index is 12.8. The largest absolute Gasteiger partial charge is 0.573 e. The second-order valence-electron chi connectivity index (χ2n) is 7.32. The van der Waals surface area contributed by atoms with E-state index in [4.69, 9.17) is 0 Å². The van der Waals surface area contributed by atoms with Gasteiger partial charge in [-0.15, -0.1) is 13.2 Å². The Balaban J connectivity index is 1.37. The maximum atomic E-state index is 12.8. The van der Waals surface area contributed by atoms with Gasteiger partial charge in [0, 0.05) is 26.2 Å². The van der Waals surface area contributed by atoms with E-state index < -0.39 is 6.36 Å². The summed E-state index contributed by atoms with van der Waals surface area (Å²) < 4.78 is 44.3. The lowest BCUT2D eigenvalue weighted by atomic mass is 10.2. The number of ether oxygens (including phenoxy) is 1. The Morgan fingerprint density at radius 1 is 0.812 bits per heavy atom. The van der Waals surface area contributed by atoms with Crippen molar-refractivity contribution in [3.8, 4) is 11.4 Å².